The highest BCUT2D eigenvalue weighted by Crippen LogP contribution is 2.37. The number of fused-ring (bicyclic) bond motifs is 1. The van der Waals surface area contributed by atoms with Crippen LogP contribution in [0.2, 0.25) is 0 Å². The molecule has 3 heterocycles. The van der Waals surface area contributed by atoms with Gasteiger partial charge in [0.1, 0.15) is 18.9 Å². The maximum atomic E-state index is 12.0. The molecule has 1 aliphatic rings. The molecule has 6 rings (SSSR count). The second kappa shape index (κ2) is 11.7. The summed E-state index contributed by atoms with van der Waals surface area (Å²) in [6.45, 7) is 2.23. The zero-order valence-electron chi connectivity index (χ0n) is 23.2. The summed E-state index contributed by atoms with van der Waals surface area (Å²) in [4.78, 5) is 19.0. The van der Waals surface area contributed by atoms with Crippen molar-refractivity contribution in [1.82, 2.24) is 14.8 Å². The molecule has 3 aromatic carbocycles. The topological polar surface area (TPSA) is 78.7 Å². The SMILES string of the molecule is COC(=O)[C@@H]1CCN(c2ccc3c(-c4ccc(OCc5ccccc5)nc4OCc4ccccc4)nn(C)c3c2)C1. The van der Waals surface area contributed by atoms with Gasteiger partial charge in [0.05, 0.1) is 24.1 Å². The zero-order valence-corrected chi connectivity index (χ0v) is 23.2. The number of hydrogen-bond donors (Lipinski definition) is 0. The standard InChI is InChI=1S/C33H32N4O4/c1-36-29-19-26(37-18-17-25(20-37)33(38)39-2)13-14-27(29)31(35-36)28-15-16-30(40-21-23-9-5-3-6-10-23)34-32(28)41-22-24-11-7-4-8-12-24/h3-16,19,25H,17-18,20-22H2,1-2H3/t25-/m1/s1. The zero-order chi connectivity index (χ0) is 28.2. The number of anilines is 1. The number of hydrogen-bond acceptors (Lipinski definition) is 7. The van der Waals surface area contributed by atoms with E-state index in [1.807, 2.05) is 84.5 Å². The van der Waals surface area contributed by atoms with Gasteiger partial charge in [0.25, 0.3) is 0 Å². The lowest BCUT2D eigenvalue weighted by Crippen LogP contribution is -2.23. The molecular formula is C33H32N4O4. The second-order valence-electron chi connectivity index (χ2n) is 10.2. The van der Waals surface area contributed by atoms with Crippen molar-refractivity contribution in [3.05, 3.63) is 102 Å². The highest BCUT2D eigenvalue weighted by molar-refractivity contribution is 5.96. The third kappa shape index (κ3) is 5.72. The van der Waals surface area contributed by atoms with Crippen molar-refractivity contribution >= 4 is 22.6 Å². The van der Waals surface area contributed by atoms with Crippen LogP contribution in [0.15, 0.2) is 91.0 Å². The fraction of sp³-hybridized carbons (Fsp3) is 0.242. The lowest BCUT2D eigenvalue weighted by molar-refractivity contribution is -0.144. The normalized spacial score (nSPS) is 14.8. The summed E-state index contributed by atoms with van der Waals surface area (Å²) < 4.78 is 19.1. The average Bonchev–Trinajstić information content (AvgIpc) is 3.65. The van der Waals surface area contributed by atoms with Gasteiger partial charge in [-0.15, -0.1) is 0 Å². The first kappa shape index (κ1) is 26.4. The maximum absolute atomic E-state index is 12.0. The monoisotopic (exact) mass is 548 g/mol. The average molecular weight is 549 g/mol. The van der Waals surface area contributed by atoms with Gasteiger partial charge >= 0.3 is 5.97 Å². The van der Waals surface area contributed by atoms with Crippen LogP contribution >= 0.6 is 0 Å². The van der Waals surface area contributed by atoms with E-state index >= 15 is 0 Å². The van der Waals surface area contributed by atoms with Gasteiger partial charge in [-0.25, -0.2) is 0 Å². The van der Waals surface area contributed by atoms with Crippen LogP contribution in [0.1, 0.15) is 17.5 Å². The van der Waals surface area contributed by atoms with Gasteiger partial charge in [-0.3, -0.25) is 9.48 Å². The van der Waals surface area contributed by atoms with E-state index in [1.165, 1.54) is 7.11 Å². The van der Waals surface area contributed by atoms with Gasteiger partial charge in [0.15, 0.2) is 0 Å². The summed E-state index contributed by atoms with van der Waals surface area (Å²) in [5, 5.41) is 5.88. The van der Waals surface area contributed by atoms with E-state index in [-0.39, 0.29) is 11.9 Å². The third-order valence-electron chi connectivity index (χ3n) is 7.46. The molecule has 1 fully saturated rings. The van der Waals surface area contributed by atoms with Gasteiger partial charge in [0, 0.05) is 37.3 Å². The third-order valence-corrected chi connectivity index (χ3v) is 7.46. The number of aromatic nitrogens is 3. The largest absolute Gasteiger partial charge is 0.473 e. The van der Waals surface area contributed by atoms with E-state index in [9.17, 15) is 4.79 Å². The first-order valence-electron chi connectivity index (χ1n) is 13.7. The van der Waals surface area contributed by atoms with Crippen molar-refractivity contribution in [1.29, 1.82) is 0 Å². The number of rotatable bonds is 9. The Hall–Kier alpha value is -4.85. The number of carbonyl (C=O) groups is 1. The van der Waals surface area contributed by atoms with Crippen molar-refractivity contribution < 1.29 is 19.0 Å². The molecule has 41 heavy (non-hydrogen) atoms. The number of esters is 1. The fourth-order valence-electron chi connectivity index (χ4n) is 5.25. The number of ether oxygens (including phenoxy) is 3. The highest BCUT2D eigenvalue weighted by Gasteiger charge is 2.29. The van der Waals surface area contributed by atoms with Crippen LogP contribution in [0.4, 0.5) is 5.69 Å². The Morgan fingerprint density at radius 3 is 2.32 bits per heavy atom. The molecule has 0 saturated carbocycles. The lowest BCUT2D eigenvalue weighted by atomic mass is 10.1. The summed E-state index contributed by atoms with van der Waals surface area (Å²) in [6, 6.07) is 30.1. The number of aryl methyl sites for hydroxylation is 1. The number of benzene rings is 3. The summed E-state index contributed by atoms with van der Waals surface area (Å²) in [5.41, 5.74) is 5.72. The van der Waals surface area contributed by atoms with E-state index in [4.69, 9.17) is 24.3 Å². The summed E-state index contributed by atoms with van der Waals surface area (Å²) in [6.07, 6.45) is 0.786. The van der Waals surface area contributed by atoms with Gasteiger partial charge < -0.3 is 19.1 Å². The Morgan fingerprint density at radius 2 is 1.61 bits per heavy atom. The molecular weight excluding hydrogens is 516 g/mol. The smallest absolute Gasteiger partial charge is 0.310 e. The first-order valence-corrected chi connectivity index (χ1v) is 13.7. The van der Waals surface area contributed by atoms with Crippen molar-refractivity contribution in [3.8, 4) is 23.0 Å². The number of methoxy groups -OCH3 is 1. The Bertz CT molecular complexity index is 1650. The van der Waals surface area contributed by atoms with Crippen LogP contribution in [-0.2, 0) is 29.8 Å². The van der Waals surface area contributed by atoms with Crippen LogP contribution in [-0.4, -0.2) is 40.9 Å². The molecule has 2 aromatic heterocycles. The van der Waals surface area contributed by atoms with Gasteiger partial charge in [-0.2, -0.15) is 10.1 Å². The molecule has 1 atom stereocenters. The molecule has 0 aliphatic carbocycles. The van der Waals surface area contributed by atoms with Crippen LogP contribution < -0.4 is 14.4 Å². The maximum Gasteiger partial charge on any atom is 0.310 e. The molecule has 8 nitrogen and oxygen atoms in total. The molecule has 0 N–H and O–H groups in total. The Labute approximate surface area is 239 Å². The molecule has 1 aliphatic heterocycles. The molecule has 0 amide bonds. The quantitative estimate of drug-likeness (QED) is 0.216. The fourth-order valence-corrected chi connectivity index (χ4v) is 5.25. The van der Waals surface area contributed by atoms with Gasteiger partial charge in [-0.1, -0.05) is 60.7 Å². The number of pyridine rings is 1. The minimum Gasteiger partial charge on any atom is -0.473 e. The molecule has 1 saturated heterocycles. The first-order chi connectivity index (χ1) is 20.1. The van der Waals surface area contributed by atoms with Crippen molar-refractivity contribution in [2.24, 2.45) is 13.0 Å². The summed E-state index contributed by atoms with van der Waals surface area (Å²) >= 11 is 0. The van der Waals surface area contributed by atoms with E-state index in [2.05, 4.69) is 23.1 Å². The van der Waals surface area contributed by atoms with Gasteiger partial charge in [0.2, 0.25) is 11.8 Å². The predicted molar refractivity (Wildman–Crippen MR) is 158 cm³/mol. The van der Waals surface area contributed by atoms with E-state index in [0.717, 1.165) is 51.9 Å². The Morgan fingerprint density at radius 1 is 0.902 bits per heavy atom. The molecule has 0 bridgehead atoms. The minimum atomic E-state index is -0.150. The molecule has 5 aromatic rings. The molecule has 208 valence electrons. The summed E-state index contributed by atoms with van der Waals surface area (Å²) in [5.74, 6) is 0.695. The number of nitrogens with zero attached hydrogens (tertiary/aromatic N) is 4. The van der Waals surface area contributed by atoms with Crippen LogP contribution in [0, 0.1) is 5.92 Å². The van der Waals surface area contributed by atoms with Crippen molar-refractivity contribution in [3.63, 3.8) is 0 Å². The van der Waals surface area contributed by atoms with E-state index < -0.39 is 0 Å². The van der Waals surface area contributed by atoms with Crippen LogP contribution in [0.25, 0.3) is 22.2 Å². The van der Waals surface area contributed by atoms with E-state index in [1.54, 1.807) is 0 Å². The molecule has 8 heteroatoms. The Kier molecular flexibility index (Phi) is 7.54. The highest BCUT2D eigenvalue weighted by atomic mass is 16.5. The van der Waals surface area contributed by atoms with Crippen LogP contribution in [0.3, 0.4) is 0 Å². The lowest BCUT2D eigenvalue weighted by Gasteiger charge is -2.18. The second-order valence-corrected chi connectivity index (χ2v) is 10.2. The molecule has 0 radical (unpaired) electrons. The Balaban J connectivity index is 1.31. The molecule has 0 spiro atoms. The molecule has 0 unspecified atom stereocenters. The minimum absolute atomic E-state index is 0.101. The van der Waals surface area contributed by atoms with Crippen molar-refractivity contribution in [2.75, 3.05) is 25.1 Å². The van der Waals surface area contributed by atoms with Crippen molar-refractivity contribution in [2.45, 2.75) is 19.6 Å². The predicted octanol–water partition coefficient (Wildman–Crippen LogP) is 5.79. The van der Waals surface area contributed by atoms with E-state index in [0.29, 0.717) is 31.5 Å². The van der Waals surface area contributed by atoms with Crippen LogP contribution in [0.5, 0.6) is 11.8 Å². The summed E-state index contributed by atoms with van der Waals surface area (Å²) in [7, 11) is 3.38. The number of carbonyl (C=O) groups excluding carboxylic acids is 1. The van der Waals surface area contributed by atoms with Gasteiger partial charge in [-0.05, 0) is 41.8 Å².